The predicted octanol–water partition coefficient (Wildman–Crippen LogP) is -0.802. The zero-order valence-electron chi connectivity index (χ0n) is 26.9. The van der Waals surface area contributed by atoms with Crippen LogP contribution in [0.25, 0.3) is 0 Å². The van der Waals surface area contributed by atoms with Gasteiger partial charge in [0.25, 0.3) is 0 Å². The molecule has 3 aliphatic carbocycles. The largest absolute Gasteiger partial charge is 0.469 e. The summed E-state index contributed by atoms with van der Waals surface area (Å²) in [6.07, 6.45) is -3.52. The molecule has 15 nitrogen and oxygen atoms in total. The maximum Gasteiger partial charge on any atom is 0.342 e. The van der Waals surface area contributed by atoms with Crippen molar-refractivity contribution in [3.63, 3.8) is 0 Å². The summed E-state index contributed by atoms with van der Waals surface area (Å²) in [5.41, 5.74) is -11.3. The van der Waals surface area contributed by atoms with E-state index in [1.807, 2.05) is 0 Å². The summed E-state index contributed by atoms with van der Waals surface area (Å²) in [6, 6.07) is 0. The third kappa shape index (κ3) is 3.15. The highest BCUT2D eigenvalue weighted by Crippen LogP contribution is 2.75. The Morgan fingerprint density at radius 2 is 1.85 bits per heavy atom. The molecule has 8 aliphatic rings. The summed E-state index contributed by atoms with van der Waals surface area (Å²) in [6.45, 7) is 4.39. The molecule has 5 bridgehead atoms. The number of ether oxygens (including phenoxy) is 6. The summed E-state index contributed by atoms with van der Waals surface area (Å²) in [5.74, 6) is -11.7. The first kappa shape index (κ1) is 32.0. The van der Waals surface area contributed by atoms with E-state index in [4.69, 9.17) is 23.7 Å². The van der Waals surface area contributed by atoms with E-state index in [2.05, 4.69) is 4.74 Å². The monoisotopic (exact) mass is 674 g/mol. The molecule has 0 aromatic heterocycles. The molecule has 14 atom stereocenters. The smallest absolute Gasteiger partial charge is 0.342 e. The minimum absolute atomic E-state index is 0.111. The fraction of sp³-hybridized carbons (Fsp3) is 0.758. The highest BCUT2D eigenvalue weighted by atomic mass is 16.8. The minimum Gasteiger partial charge on any atom is -0.469 e. The summed E-state index contributed by atoms with van der Waals surface area (Å²) in [7, 11) is 1.08. The third-order valence-electron chi connectivity index (χ3n) is 13.8. The average molecular weight is 675 g/mol. The number of hydrogen-bond acceptors (Lipinski definition) is 15. The van der Waals surface area contributed by atoms with Crippen LogP contribution in [-0.2, 0) is 57.2 Å². The molecular weight excluding hydrogens is 636 g/mol. The first-order valence-electron chi connectivity index (χ1n) is 16.3. The first-order valence-corrected chi connectivity index (χ1v) is 16.3. The molecule has 2 saturated carbocycles. The van der Waals surface area contributed by atoms with Gasteiger partial charge in [-0.2, -0.15) is 0 Å². The maximum atomic E-state index is 15.2. The Hall–Kier alpha value is -3.24. The van der Waals surface area contributed by atoms with Crippen molar-refractivity contribution < 1.29 is 72.5 Å². The molecule has 3 N–H and O–H groups in total. The van der Waals surface area contributed by atoms with Crippen LogP contribution in [-0.4, -0.2) is 111 Å². The number of aliphatic hydroxyl groups excluding tert-OH is 2. The van der Waals surface area contributed by atoms with Crippen molar-refractivity contribution in [2.24, 2.45) is 34.5 Å². The number of rotatable bonds is 4. The van der Waals surface area contributed by atoms with Crippen LogP contribution >= 0.6 is 0 Å². The maximum absolute atomic E-state index is 15.2. The number of esters is 4. The number of hydrogen-bond donors (Lipinski definition) is 3. The second kappa shape index (κ2) is 9.30. The van der Waals surface area contributed by atoms with E-state index in [0.717, 1.165) is 7.11 Å². The van der Waals surface area contributed by atoms with Crippen LogP contribution in [0.4, 0.5) is 0 Å². The lowest BCUT2D eigenvalue weighted by Gasteiger charge is -2.64. The molecular formula is C33H38O15. The van der Waals surface area contributed by atoms with E-state index in [9.17, 15) is 39.3 Å². The molecule has 5 heterocycles. The Kier molecular flexibility index (Phi) is 6.20. The summed E-state index contributed by atoms with van der Waals surface area (Å²) in [4.78, 5) is 82.0. The average Bonchev–Trinajstić information content (AvgIpc) is 3.35. The molecule has 8 rings (SSSR count). The quantitative estimate of drug-likeness (QED) is 0.246. The number of aliphatic hydroxyl groups is 3. The highest BCUT2D eigenvalue weighted by molar-refractivity contribution is 6.01. The van der Waals surface area contributed by atoms with Gasteiger partial charge in [-0.3, -0.25) is 19.2 Å². The number of Topliss-reactive ketones (excluding diaryl/α,β-unsaturated/α-hetero) is 1. The van der Waals surface area contributed by atoms with E-state index in [0.29, 0.717) is 0 Å². The third-order valence-corrected chi connectivity index (χ3v) is 13.8. The van der Waals surface area contributed by atoms with Gasteiger partial charge < -0.3 is 43.7 Å². The zero-order chi connectivity index (χ0) is 34.6. The van der Waals surface area contributed by atoms with Gasteiger partial charge in [0.1, 0.15) is 6.10 Å². The standard InChI is InChI=1S/C33H38O15/c1-27-12-20-29(3)33-22(27)23(38)32(48-33,44-13-16(27)24(39)45-20)15-10-19(36)31(46-25(40)17(34)11-21(37)43-4)8-5-6-18(35)28(31,2)14(15)7-9-30(33,42)26(41)47-29/h5-6,14-17,19-20,22,34,36,42H,7-13H2,1-4H3/t14-,15+,16-,17+,19+,20+,22-,27+,28-,29-,30-,31-,32-,33-/m0/s1. The van der Waals surface area contributed by atoms with Crippen molar-refractivity contribution in [2.45, 2.75) is 106 Å². The topological polar surface area (TPSA) is 218 Å². The molecule has 0 amide bonds. The minimum atomic E-state index is -2.46. The molecule has 15 heteroatoms. The number of carbonyl (C=O) groups is 6. The van der Waals surface area contributed by atoms with Crippen LogP contribution < -0.4 is 0 Å². The van der Waals surface area contributed by atoms with Crippen molar-refractivity contribution in [1.82, 2.24) is 0 Å². The van der Waals surface area contributed by atoms with E-state index in [1.165, 1.54) is 26.0 Å². The lowest BCUT2D eigenvalue weighted by molar-refractivity contribution is -0.382. The van der Waals surface area contributed by atoms with Crippen molar-refractivity contribution in [3.8, 4) is 0 Å². The Morgan fingerprint density at radius 1 is 1.12 bits per heavy atom. The van der Waals surface area contributed by atoms with Crippen LogP contribution in [0.15, 0.2) is 12.2 Å². The Bertz CT molecular complexity index is 1620. The van der Waals surface area contributed by atoms with Crippen molar-refractivity contribution in [2.75, 3.05) is 13.7 Å². The normalized spacial score (nSPS) is 53.0. The molecule has 0 aromatic rings. The highest BCUT2D eigenvalue weighted by Gasteiger charge is 2.93. The number of fused-ring (bicyclic) bond motifs is 5. The molecule has 5 aliphatic heterocycles. The van der Waals surface area contributed by atoms with E-state index < -0.39 is 123 Å². The number of carbonyl (C=O) groups excluding carboxylic acids is 6. The summed E-state index contributed by atoms with van der Waals surface area (Å²) < 4.78 is 35.5. The molecule has 5 saturated heterocycles. The first-order chi connectivity index (χ1) is 22.4. The van der Waals surface area contributed by atoms with Crippen molar-refractivity contribution >= 4 is 35.4 Å². The van der Waals surface area contributed by atoms with E-state index in [1.54, 1.807) is 6.92 Å². The van der Waals surface area contributed by atoms with Crippen LogP contribution in [0.1, 0.15) is 59.3 Å². The molecule has 0 aromatic carbocycles. The molecule has 2 spiro atoms. The summed E-state index contributed by atoms with van der Waals surface area (Å²) in [5, 5.41) is 35.2. The molecule has 7 fully saturated rings. The van der Waals surface area contributed by atoms with Gasteiger partial charge in [-0.15, -0.1) is 0 Å². The number of allylic oxidation sites excluding steroid dienone is 1. The number of ketones is 2. The van der Waals surface area contributed by atoms with E-state index >= 15 is 4.79 Å². The lowest BCUT2D eigenvalue weighted by atomic mass is 9.46. The van der Waals surface area contributed by atoms with Crippen molar-refractivity contribution in [1.29, 1.82) is 0 Å². The second-order valence-corrected chi connectivity index (χ2v) is 15.4. The molecule has 48 heavy (non-hydrogen) atoms. The van der Waals surface area contributed by atoms with Crippen molar-refractivity contribution in [3.05, 3.63) is 12.2 Å². The van der Waals surface area contributed by atoms with E-state index in [-0.39, 0.29) is 38.7 Å². The van der Waals surface area contributed by atoms with Gasteiger partial charge in [-0.1, -0.05) is 13.0 Å². The Morgan fingerprint density at radius 3 is 2.56 bits per heavy atom. The Labute approximate surface area is 274 Å². The predicted molar refractivity (Wildman–Crippen MR) is 152 cm³/mol. The van der Waals surface area contributed by atoms with Crippen LogP contribution in [0.3, 0.4) is 0 Å². The SMILES string of the molecule is COC(=O)C[C@@H](O)C(=O)O[C@]12CC=CC(=O)[C@]1(C)[C@H]1CC[C@]3(O)C(=O)O[C@@]4(C)[C@H]5C[C@]6(C)[C@@H](CO[C@]7(O[C@@]43[C@H]6C7=O)[C@@H]1C[C@H]2O)C(=O)O5. The zero-order valence-corrected chi connectivity index (χ0v) is 26.9. The molecule has 260 valence electrons. The summed E-state index contributed by atoms with van der Waals surface area (Å²) >= 11 is 0. The fourth-order valence-corrected chi connectivity index (χ4v) is 11.3. The van der Waals surface area contributed by atoms with Gasteiger partial charge >= 0.3 is 23.9 Å². The molecule has 0 unspecified atom stereocenters. The van der Waals surface area contributed by atoms with Gasteiger partial charge in [0.2, 0.25) is 5.79 Å². The fourth-order valence-electron chi connectivity index (χ4n) is 11.3. The second-order valence-electron chi connectivity index (χ2n) is 15.4. The van der Waals surface area contributed by atoms with Crippen LogP contribution in [0.2, 0.25) is 0 Å². The van der Waals surface area contributed by atoms with Gasteiger partial charge in [-0.05, 0) is 56.9 Å². The van der Waals surface area contributed by atoms with Crippen LogP contribution in [0.5, 0.6) is 0 Å². The van der Waals surface area contributed by atoms with Gasteiger partial charge in [0.15, 0.2) is 40.1 Å². The van der Waals surface area contributed by atoms with Gasteiger partial charge in [0, 0.05) is 12.3 Å². The Balaban J connectivity index is 1.31. The number of methoxy groups -OCH3 is 1. The van der Waals surface area contributed by atoms with Gasteiger partial charge in [-0.25, -0.2) is 9.59 Å². The lowest BCUT2D eigenvalue weighted by Crippen LogP contribution is -2.79. The molecule has 0 radical (unpaired) electrons. The van der Waals surface area contributed by atoms with Crippen LogP contribution in [0, 0.1) is 34.5 Å². The van der Waals surface area contributed by atoms with Gasteiger partial charge in [0.05, 0.1) is 43.5 Å².